The Morgan fingerprint density at radius 2 is 1.46 bits per heavy atom. The molecule has 3 aromatic carbocycles. The first-order valence-electron chi connectivity index (χ1n) is 8.90. The number of ether oxygens (including phenoxy) is 1. The Kier molecular flexibility index (Phi) is 4.89. The maximum Gasteiger partial charge on any atom is 0.282 e. The number of hydrogen-bond acceptors (Lipinski definition) is 3. The van der Waals surface area contributed by atoms with Gasteiger partial charge in [0.05, 0.1) is 5.69 Å². The summed E-state index contributed by atoms with van der Waals surface area (Å²) in [6.07, 6.45) is 1.57. The van der Waals surface area contributed by atoms with Crippen LogP contribution in [0.3, 0.4) is 0 Å². The van der Waals surface area contributed by atoms with Crippen LogP contribution in [0.4, 0.5) is 5.69 Å². The molecule has 3 aromatic rings. The van der Waals surface area contributed by atoms with Gasteiger partial charge in [-0.15, -0.1) is 0 Å². The lowest BCUT2D eigenvalue weighted by Crippen LogP contribution is -2.35. The molecule has 2 amide bonds. The molecule has 1 aliphatic rings. The molecule has 138 valence electrons. The maximum atomic E-state index is 12.7. The molecule has 0 atom stereocenters. The van der Waals surface area contributed by atoms with E-state index < -0.39 is 11.8 Å². The van der Waals surface area contributed by atoms with E-state index in [1.54, 1.807) is 18.2 Å². The highest BCUT2D eigenvalue weighted by atomic mass is 16.5. The predicted molar refractivity (Wildman–Crippen MR) is 107 cm³/mol. The second-order valence-corrected chi connectivity index (χ2v) is 6.29. The van der Waals surface area contributed by atoms with Crippen LogP contribution in [0.2, 0.25) is 0 Å². The molecule has 1 fully saturated rings. The fourth-order valence-electron chi connectivity index (χ4n) is 2.94. The number of para-hydroxylation sites is 2. The molecule has 1 heterocycles. The molecule has 0 aromatic heterocycles. The quantitative estimate of drug-likeness (QED) is 0.550. The van der Waals surface area contributed by atoms with Gasteiger partial charge in [-0.05, 0) is 29.8 Å². The van der Waals surface area contributed by atoms with Crippen LogP contribution in [0.1, 0.15) is 11.1 Å². The molecule has 5 nitrogen and oxygen atoms in total. The molecule has 1 N–H and O–H groups in total. The zero-order chi connectivity index (χ0) is 19.3. The molecule has 0 bridgehead atoms. The summed E-state index contributed by atoms with van der Waals surface area (Å²) in [5.74, 6) is -0.224. The monoisotopic (exact) mass is 370 g/mol. The number of amides is 2. The second-order valence-electron chi connectivity index (χ2n) is 6.29. The third-order valence-electron chi connectivity index (χ3n) is 4.36. The van der Waals surface area contributed by atoms with Gasteiger partial charge in [0.15, 0.2) is 0 Å². The van der Waals surface area contributed by atoms with Gasteiger partial charge >= 0.3 is 0 Å². The number of nitrogens with zero attached hydrogens (tertiary/aromatic N) is 1. The lowest BCUT2D eigenvalue weighted by molar-refractivity contribution is -0.117. The molecule has 1 aliphatic heterocycles. The van der Waals surface area contributed by atoms with Crippen LogP contribution in [0.25, 0.3) is 6.08 Å². The number of nitrogens with one attached hydrogen (secondary N) is 1. The fraction of sp³-hybridized carbons (Fsp3) is 0.0435. The maximum absolute atomic E-state index is 12.7. The highest BCUT2D eigenvalue weighted by molar-refractivity contribution is 6.31. The van der Waals surface area contributed by atoms with Crippen molar-refractivity contribution < 1.29 is 14.3 Å². The number of rotatable bonds is 5. The van der Waals surface area contributed by atoms with Gasteiger partial charge in [-0.3, -0.25) is 15.0 Å². The summed E-state index contributed by atoms with van der Waals surface area (Å²) in [5.41, 5.74) is 4.99. The Hall–Kier alpha value is -3.86. The zero-order valence-corrected chi connectivity index (χ0v) is 15.0. The third-order valence-corrected chi connectivity index (χ3v) is 4.36. The van der Waals surface area contributed by atoms with Gasteiger partial charge in [-0.25, -0.2) is 5.01 Å². The Labute approximate surface area is 162 Å². The summed E-state index contributed by atoms with van der Waals surface area (Å²) >= 11 is 0. The summed E-state index contributed by atoms with van der Waals surface area (Å²) in [6.45, 7) is 0.400. The van der Waals surface area contributed by atoms with Gasteiger partial charge in [0.25, 0.3) is 11.8 Å². The van der Waals surface area contributed by atoms with Crippen molar-refractivity contribution in [2.24, 2.45) is 0 Å². The molecule has 0 spiro atoms. The Morgan fingerprint density at radius 1 is 0.821 bits per heavy atom. The summed E-state index contributed by atoms with van der Waals surface area (Å²) in [6, 6.07) is 26.1. The Balaban J connectivity index is 1.59. The van der Waals surface area contributed by atoms with Crippen LogP contribution in [-0.4, -0.2) is 11.8 Å². The van der Waals surface area contributed by atoms with Crippen molar-refractivity contribution >= 4 is 23.6 Å². The van der Waals surface area contributed by atoms with Gasteiger partial charge in [0, 0.05) is 5.56 Å². The van der Waals surface area contributed by atoms with Gasteiger partial charge < -0.3 is 4.74 Å². The zero-order valence-electron chi connectivity index (χ0n) is 15.0. The van der Waals surface area contributed by atoms with Crippen molar-refractivity contribution in [1.82, 2.24) is 5.43 Å². The molecular formula is C23H18N2O3. The van der Waals surface area contributed by atoms with Crippen molar-refractivity contribution in [2.45, 2.75) is 6.61 Å². The van der Waals surface area contributed by atoms with E-state index in [4.69, 9.17) is 4.74 Å². The molecular weight excluding hydrogens is 352 g/mol. The molecule has 5 heteroatoms. The number of benzene rings is 3. The molecule has 0 saturated carbocycles. The summed E-state index contributed by atoms with van der Waals surface area (Å²) in [5, 5.41) is 1.25. The van der Waals surface area contributed by atoms with E-state index in [0.717, 1.165) is 5.56 Å². The molecule has 0 aliphatic carbocycles. The summed E-state index contributed by atoms with van der Waals surface area (Å²) in [7, 11) is 0. The Bertz CT molecular complexity index is 1030. The first-order valence-corrected chi connectivity index (χ1v) is 8.90. The minimum absolute atomic E-state index is 0.0691. The highest BCUT2D eigenvalue weighted by Gasteiger charge is 2.34. The van der Waals surface area contributed by atoms with Crippen LogP contribution in [-0.2, 0) is 16.2 Å². The van der Waals surface area contributed by atoms with Crippen molar-refractivity contribution in [3.63, 3.8) is 0 Å². The summed E-state index contributed by atoms with van der Waals surface area (Å²) < 4.78 is 5.91. The van der Waals surface area contributed by atoms with Crippen LogP contribution in [0.5, 0.6) is 5.75 Å². The third kappa shape index (κ3) is 3.64. The smallest absolute Gasteiger partial charge is 0.282 e. The van der Waals surface area contributed by atoms with Crippen LogP contribution < -0.4 is 15.2 Å². The fourth-order valence-corrected chi connectivity index (χ4v) is 2.94. The topological polar surface area (TPSA) is 58.6 Å². The first-order chi connectivity index (χ1) is 13.7. The number of hydrogen-bond donors (Lipinski definition) is 1. The number of anilines is 1. The minimum atomic E-state index is -0.438. The minimum Gasteiger partial charge on any atom is -0.488 e. The van der Waals surface area contributed by atoms with Crippen LogP contribution >= 0.6 is 0 Å². The lowest BCUT2D eigenvalue weighted by atomic mass is 10.1. The largest absolute Gasteiger partial charge is 0.488 e. The normalized spacial score (nSPS) is 15.0. The Morgan fingerprint density at radius 3 is 2.21 bits per heavy atom. The molecule has 0 unspecified atom stereocenters. The second kappa shape index (κ2) is 7.80. The van der Waals surface area contributed by atoms with E-state index in [-0.39, 0.29) is 5.57 Å². The van der Waals surface area contributed by atoms with E-state index in [1.165, 1.54) is 5.01 Å². The van der Waals surface area contributed by atoms with E-state index in [2.05, 4.69) is 5.43 Å². The highest BCUT2D eigenvalue weighted by Crippen LogP contribution is 2.26. The van der Waals surface area contributed by atoms with E-state index in [1.807, 2.05) is 72.8 Å². The molecule has 0 radical (unpaired) electrons. The van der Waals surface area contributed by atoms with E-state index in [9.17, 15) is 9.59 Å². The van der Waals surface area contributed by atoms with Crippen molar-refractivity contribution in [3.8, 4) is 5.75 Å². The standard InChI is InChI=1S/C23H18N2O3/c26-22-20(23(27)25(24-22)19-12-5-2-6-13-19)15-18-11-7-8-14-21(18)28-16-17-9-3-1-4-10-17/h1-15H,16H2,(H,24,26). The van der Waals surface area contributed by atoms with Crippen molar-refractivity contribution in [3.05, 3.63) is 102 Å². The number of hydrazine groups is 1. The molecule has 4 rings (SSSR count). The number of carbonyl (C=O) groups is 2. The average molecular weight is 370 g/mol. The van der Waals surface area contributed by atoms with Gasteiger partial charge in [0.2, 0.25) is 0 Å². The number of carbonyl (C=O) groups excluding carboxylic acids is 2. The first kappa shape index (κ1) is 17.5. The molecule has 28 heavy (non-hydrogen) atoms. The van der Waals surface area contributed by atoms with Gasteiger partial charge in [-0.1, -0.05) is 66.7 Å². The lowest BCUT2D eigenvalue weighted by Gasteiger charge is -2.14. The van der Waals surface area contributed by atoms with Gasteiger partial charge in [0.1, 0.15) is 17.9 Å². The van der Waals surface area contributed by atoms with Gasteiger partial charge in [-0.2, -0.15) is 0 Å². The van der Waals surface area contributed by atoms with Crippen molar-refractivity contribution in [1.29, 1.82) is 0 Å². The molecule has 1 saturated heterocycles. The average Bonchev–Trinajstić information content (AvgIpc) is 3.03. The predicted octanol–water partition coefficient (Wildman–Crippen LogP) is 3.73. The van der Waals surface area contributed by atoms with Crippen LogP contribution in [0, 0.1) is 0 Å². The van der Waals surface area contributed by atoms with Crippen LogP contribution in [0.15, 0.2) is 90.5 Å². The van der Waals surface area contributed by atoms with E-state index in [0.29, 0.717) is 23.6 Å². The van der Waals surface area contributed by atoms with E-state index >= 15 is 0 Å². The van der Waals surface area contributed by atoms with Crippen molar-refractivity contribution in [2.75, 3.05) is 5.01 Å². The SMILES string of the molecule is O=C1NN(c2ccccc2)C(=O)C1=Cc1ccccc1OCc1ccccc1. The summed E-state index contributed by atoms with van der Waals surface area (Å²) in [4.78, 5) is 25.1.